The fourth-order valence-electron chi connectivity index (χ4n) is 2.21. The average Bonchev–Trinajstić information content (AvgIpc) is 2.72. The van der Waals surface area contributed by atoms with Gasteiger partial charge >= 0.3 is 0 Å². The molecule has 1 unspecified atom stereocenters. The number of rotatable bonds is 3. The summed E-state index contributed by atoms with van der Waals surface area (Å²) in [5, 5.41) is 24.8. The summed E-state index contributed by atoms with van der Waals surface area (Å²) in [4.78, 5) is 11.9. The minimum atomic E-state index is -0.295. The lowest BCUT2D eigenvalue weighted by molar-refractivity contribution is 0.0942. The Morgan fingerprint density at radius 1 is 1.39 bits per heavy atom. The van der Waals surface area contributed by atoms with Gasteiger partial charge in [0, 0.05) is 23.7 Å². The van der Waals surface area contributed by atoms with Crippen molar-refractivity contribution in [1.82, 2.24) is 10.6 Å². The van der Waals surface area contributed by atoms with E-state index in [0.29, 0.717) is 6.54 Å². The Hall–Kier alpha value is -1.75. The molecule has 4 N–H and O–H groups in total. The molecule has 1 fully saturated rings. The van der Waals surface area contributed by atoms with E-state index in [4.69, 9.17) is 0 Å². The molecule has 0 spiro atoms. The fraction of sp³-hybridized carbons (Fsp3) is 0.462. The number of amides is 1. The Bertz CT molecular complexity index is 433. The zero-order valence-electron chi connectivity index (χ0n) is 10.4. The number of aromatic hydroxyl groups is 2. The molecule has 1 amide bonds. The van der Waals surface area contributed by atoms with E-state index in [9.17, 15) is 15.0 Å². The molecule has 1 aliphatic heterocycles. The number of hydrogen-bond donors (Lipinski definition) is 4. The highest BCUT2D eigenvalue weighted by Crippen LogP contribution is 2.21. The van der Waals surface area contributed by atoms with Gasteiger partial charge in [-0.3, -0.25) is 4.79 Å². The van der Waals surface area contributed by atoms with Crippen LogP contribution in [-0.4, -0.2) is 34.7 Å². The molecule has 0 saturated carbocycles. The Morgan fingerprint density at radius 3 is 2.61 bits per heavy atom. The van der Waals surface area contributed by atoms with Crippen molar-refractivity contribution in [3.8, 4) is 11.5 Å². The van der Waals surface area contributed by atoms with Crippen LogP contribution in [-0.2, 0) is 0 Å². The molecule has 0 aromatic heterocycles. The fourth-order valence-corrected chi connectivity index (χ4v) is 2.21. The molecule has 0 bridgehead atoms. The topological polar surface area (TPSA) is 81.6 Å². The van der Waals surface area contributed by atoms with E-state index in [-0.39, 0.29) is 28.5 Å². The molecular weight excluding hydrogens is 232 g/mol. The molecule has 18 heavy (non-hydrogen) atoms. The predicted octanol–water partition coefficient (Wildman–Crippen LogP) is 0.970. The van der Waals surface area contributed by atoms with Gasteiger partial charge in [0.15, 0.2) is 0 Å². The van der Waals surface area contributed by atoms with Crippen molar-refractivity contribution in [2.75, 3.05) is 13.1 Å². The summed E-state index contributed by atoms with van der Waals surface area (Å²) in [6, 6.07) is 3.86. The molecule has 5 nitrogen and oxygen atoms in total. The van der Waals surface area contributed by atoms with Crippen LogP contribution in [0, 0.1) is 0 Å². The monoisotopic (exact) mass is 250 g/mol. The van der Waals surface area contributed by atoms with Crippen molar-refractivity contribution in [3.05, 3.63) is 23.8 Å². The third-order valence-electron chi connectivity index (χ3n) is 3.26. The van der Waals surface area contributed by atoms with Gasteiger partial charge in [-0.15, -0.1) is 0 Å². The highest BCUT2D eigenvalue weighted by atomic mass is 16.3. The maximum Gasteiger partial charge on any atom is 0.251 e. The minimum absolute atomic E-state index is 0.0610. The van der Waals surface area contributed by atoms with Crippen LogP contribution in [0.1, 0.15) is 30.1 Å². The van der Waals surface area contributed by atoms with E-state index in [1.54, 1.807) is 0 Å². The molecule has 2 rings (SSSR count). The number of phenols is 2. The molecule has 1 heterocycles. The molecule has 5 heteroatoms. The van der Waals surface area contributed by atoms with Crippen LogP contribution in [0.4, 0.5) is 0 Å². The van der Waals surface area contributed by atoms with Crippen LogP contribution < -0.4 is 10.6 Å². The Kier molecular flexibility index (Phi) is 3.43. The van der Waals surface area contributed by atoms with Crippen LogP contribution in [0.25, 0.3) is 0 Å². The quantitative estimate of drug-likeness (QED) is 0.644. The van der Waals surface area contributed by atoms with Crippen LogP contribution in [0.3, 0.4) is 0 Å². The summed E-state index contributed by atoms with van der Waals surface area (Å²) < 4.78 is 0. The van der Waals surface area contributed by atoms with Crippen molar-refractivity contribution >= 4 is 5.91 Å². The van der Waals surface area contributed by atoms with Crippen LogP contribution in [0.5, 0.6) is 11.5 Å². The van der Waals surface area contributed by atoms with Crippen molar-refractivity contribution in [2.24, 2.45) is 0 Å². The maximum atomic E-state index is 11.9. The molecule has 1 saturated heterocycles. The van der Waals surface area contributed by atoms with E-state index < -0.39 is 0 Å². The summed E-state index contributed by atoms with van der Waals surface area (Å²) in [5.74, 6) is -0.535. The smallest absolute Gasteiger partial charge is 0.251 e. The first kappa shape index (κ1) is 12.7. The molecule has 0 radical (unpaired) electrons. The molecule has 1 aromatic carbocycles. The van der Waals surface area contributed by atoms with Gasteiger partial charge in [-0.2, -0.15) is 0 Å². The maximum absolute atomic E-state index is 11.9. The first-order valence-corrected chi connectivity index (χ1v) is 6.05. The molecule has 1 aromatic rings. The lowest BCUT2D eigenvalue weighted by Crippen LogP contribution is -2.47. The highest BCUT2D eigenvalue weighted by molar-refractivity contribution is 5.95. The lowest BCUT2D eigenvalue weighted by atomic mass is 10.0. The number of carbonyl (C=O) groups excluding carboxylic acids is 1. The van der Waals surface area contributed by atoms with Gasteiger partial charge in [-0.1, -0.05) is 0 Å². The second-order valence-electron chi connectivity index (χ2n) is 5.01. The number of benzene rings is 1. The molecule has 98 valence electrons. The van der Waals surface area contributed by atoms with Gasteiger partial charge in [0.25, 0.3) is 5.91 Å². The van der Waals surface area contributed by atoms with Gasteiger partial charge in [-0.25, -0.2) is 0 Å². The molecule has 1 aliphatic rings. The summed E-state index contributed by atoms with van der Waals surface area (Å²) in [5.41, 5.74) is 0.197. The summed E-state index contributed by atoms with van der Waals surface area (Å²) in [7, 11) is 0. The minimum Gasteiger partial charge on any atom is -0.508 e. The lowest BCUT2D eigenvalue weighted by Gasteiger charge is -2.24. The van der Waals surface area contributed by atoms with E-state index in [1.807, 2.05) is 0 Å². The predicted molar refractivity (Wildman–Crippen MR) is 67.7 cm³/mol. The van der Waals surface area contributed by atoms with Crippen molar-refractivity contribution in [3.63, 3.8) is 0 Å². The van der Waals surface area contributed by atoms with Crippen LogP contribution >= 0.6 is 0 Å². The van der Waals surface area contributed by atoms with Gasteiger partial charge in [-0.05, 0) is 38.4 Å². The van der Waals surface area contributed by atoms with E-state index >= 15 is 0 Å². The van der Waals surface area contributed by atoms with E-state index in [1.165, 1.54) is 18.2 Å². The normalized spacial score (nSPS) is 22.9. The summed E-state index contributed by atoms with van der Waals surface area (Å²) >= 11 is 0. The highest BCUT2D eigenvalue weighted by Gasteiger charge is 2.28. The summed E-state index contributed by atoms with van der Waals surface area (Å²) in [6.07, 6.45) is 2.14. The average molecular weight is 250 g/mol. The summed E-state index contributed by atoms with van der Waals surface area (Å²) in [6.45, 7) is 3.57. The van der Waals surface area contributed by atoms with Crippen molar-refractivity contribution in [2.45, 2.75) is 25.3 Å². The second-order valence-corrected chi connectivity index (χ2v) is 5.01. The molecular formula is C13H18N2O3. The third-order valence-corrected chi connectivity index (χ3v) is 3.26. The number of carbonyl (C=O) groups is 1. The first-order chi connectivity index (χ1) is 8.48. The van der Waals surface area contributed by atoms with Crippen molar-refractivity contribution in [1.29, 1.82) is 0 Å². The number of hydrogen-bond acceptors (Lipinski definition) is 4. The molecule has 1 atom stereocenters. The van der Waals surface area contributed by atoms with Crippen molar-refractivity contribution < 1.29 is 15.0 Å². The Morgan fingerprint density at radius 2 is 2.06 bits per heavy atom. The van der Waals surface area contributed by atoms with Crippen LogP contribution in [0.15, 0.2) is 18.2 Å². The van der Waals surface area contributed by atoms with Gasteiger partial charge in [0.2, 0.25) is 0 Å². The second kappa shape index (κ2) is 4.86. The third kappa shape index (κ3) is 2.92. The zero-order valence-corrected chi connectivity index (χ0v) is 10.4. The zero-order chi connectivity index (χ0) is 13.2. The number of phenolic OH excluding ortho intramolecular Hbond substituents is 2. The Labute approximate surface area is 106 Å². The first-order valence-electron chi connectivity index (χ1n) is 6.05. The van der Waals surface area contributed by atoms with Gasteiger partial charge < -0.3 is 20.8 Å². The molecule has 0 aliphatic carbocycles. The Balaban J connectivity index is 1.99. The largest absolute Gasteiger partial charge is 0.508 e. The SMILES string of the molecule is CC1(CNC(=O)c2cc(O)cc(O)c2)CCCN1. The van der Waals surface area contributed by atoms with Gasteiger partial charge in [0.1, 0.15) is 11.5 Å². The van der Waals surface area contributed by atoms with Crippen LogP contribution in [0.2, 0.25) is 0 Å². The van der Waals surface area contributed by atoms with E-state index in [2.05, 4.69) is 17.6 Å². The van der Waals surface area contributed by atoms with E-state index in [0.717, 1.165) is 19.4 Å². The number of nitrogens with one attached hydrogen (secondary N) is 2. The van der Waals surface area contributed by atoms with Gasteiger partial charge in [0.05, 0.1) is 0 Å². The standard InChI is InChI=1S/C13H18N2O3/c1-13(3-2-4-15-13)8-14-12(18)9-5-10(16)7-11(17)6-9/h5-7,15-17H,2-4,8H2,1H3,(H,14,18).